The molecule has 3 N–H and O–H groups in total. The van der Waals surface area contributed by atoms with E-state index < -0.39 is 0 Å². The Morgan fingerprint density at radius 3 is 2.54 bits per heavy atom. The van der Waals surface area contributed by atoms with Gasteiger partial charge in [0.15, 0.2) is 5.96 Å². The number of benzene rings is 1. The Morgan fingerprint density at radius 2 is 1.89 bits per heavy atom. The van der Waals surface area contributed by atoms with Gasteiger partial charge in [0.25, 0.3) is 0 Å². The third-order valence-corrected chi connectivity index (χ3v) is 4.41. The number of aromatic hydroxyl groups is 1. The van der Waals surface area contributed by atoms with Crippen LogP contribution in [0.2, 0.25) is 0 Å². The van der Waals surface area contributed by atoms with Crippen LogP contribution in [0.5, 0.6) is 5.75 Å². The molecule has 3 rings (SSSR count). The van der Waals surface area contributed by atoms with E-state index in [9.17, 15) is 9.90 Å². The monoisotopic (exact) mass is 382 g/mol. The van der Waals surface area contributed by atoms with Crippen LogP contribution in [0.4, 0.5) is 11.5 Å². The smallest absolute Gasteiger partial charge is 0.246 e. The number of amides is 1. The van der Waals surface area contributed by atoms with E-state index in [4.69, 9.17) is 0 Å². The summed E-state index contributed by atoms with van der Waals surface area (Å²) in [5.41, 5.74) is 0.631. The lowest BCUT2D eigenvalue weighted by Gasteiger charge is -2.37. The topological polar surface area (TPSA) is 93.1 Å². The lowest BCUT2D eigenvalue weighted by molar-refractivity contribution is -0.114. The van der Waals surface area contributed by atoms with Gasteiger partial charge in [-0.3, -0.25) is 4.79 Å². The molecule has 28 heavy (non-hydrogen) atoms. The number of aromatic nitrogens is 1. The number of rotatable bonds is 5. The first-order chi connectivity index (χ1) is 13.7. The molecule has 0 spiro atoms. The van der Waals surface area contributed by atoms with Crippen molar-refractivity contribution in [3.63, 3.8) is 0 Å². The quantitative estimate of drug-likeness (QED) is 0.412. The number of nitrogens with zero attached hydrogens (tertiary/aromatic N) is 4. The summed E-state index contributed by atoms with van der Waals surface area (Å²) >= 11 is 0. The maximum absolute atomic E-state index is 12.2. The molecular weight excluding hydrogens is 356 g/mol. The second-order valence-corrected chi connectivity index (χ2v) is 6.43. The van der Waals surface area contributed by atoms with Crippen LogP contribution in [-0.4, -0.2) is 66.1 Å². The average molecular weight is 382 g/mol. The number of phenols is 1. The molecule has 8 heteroatoms. The van der Waals surface area contributed by atoms with Gasteiger partial charge in [-0.1, -0.05) is 6.07 Å². The lowest BCUT2D eigenvalue weighted by Crippen LogP contribution is -2.53. The highest BCUT2D eigenvalue weighted by Gasteiger charge is 2.20. The first kappa shape index (κ1) is 19.5. The first-order valence-electron chi connectivity index (χ1n) is 9.44. The van der Waals surface area contributed by atoms with Crippen LogP contribution in [0.1, 0.15) is 6.92 Å². The number of phenolic OH excluding ortho intramolecular Hbond substituents is 1. The molecule has 1 saturated heterocycles. The minimum Gasteiger partial charge on any atom is -0.508 e. The minimum atomic E-state index is -0.201. The molecule has 0 radical (unpaired) electrons. The van der Waals surface area contributed by atoms with Crippen LogP contribution in [0, 0.1) is 0 Å². The van der Waals surface area contributed by atoms with E-state index in [1.807, 2.05) is 25.1 Å². The molecule has 1 aliphatic heterocycles. The number of hydrogen-bond acceptors (Lipinski definition) is 5. The number of piperazine rings is 1. The second kappa shape index (κ2) is 9.59. The number of nitrogens with one attached hydrogen (secondary N) is 2. The van der Waals surface area contributed by atoms with E-state index in [0.29, 0.717) is 5.69 Å². The molecule has 1 amide bonds. The molecule has 1 aromatic heterocycles. The summed E-state index contributed by atoms with van der Waals surface area (Å²) in [6.45, 7) is 6.09. The Bertz CT molecular complexity index is 786. The van der Waals surface area contributed by atoms with Gasteiger partial charge in [0, 0.05) is 44.6 Å². The van der Waals surface area contributed by atoms with Crippen molar-refractivity contribution in [3.8, 4) is 5.75 Å². The molecule has 0 bridgehead atoms. The summed E-state index contributed by atoms with van der Waals surface area (Å²) in [6, 6.07) is 12.3. The van der Waals surface area contributed by atoms with Gasteiger partial charge in [-0.05, 0) is 43.3 Å². The lowest BCUT2D eigenvalue weighted by atomic mass is 10.3. The Hall–Kier alpha value is -3.29. The second-order valence-electron chi connectivity index (χ2n) is 6.43. The van der Waals surface area contributed by atoms with Gasteiger partial charge in [-0.2, -0.15) is 0 Å². The zero-order chi connectivity index (χ0) is 19.8. The highest BCUT2D eigenvalue weighted by Crippen LogP contribution is 2.14. The fraction of sp³-hybridized carbons (Fsp3) is 0.350. The maximum atomic E-state index is 12.2. The highest BCUT2D eigenvalue weighted by molar-refractivity contribution is 5.94. The zero-order valence-corrected chi connectivity index (χ0v) is 16.0. The van der Waals surface area contributed by atoms with Crippen molar-refractivity contribution >= 4 is 23.4 Å². The van der Waals surface area contributed by atoms with Gasteiger partial charge in [0.2, 0.25) is 5.91 Å². The molecule has 148 valence electrons. The van der Waals surface area contributed by atoms with Gasteiger partial charge < -0.3 is 25.5 Å². The predicted octanol–water partition coefficient (Wildman–Crippen LogP) is 1.51. The fourth-order valence-electron chi connectivity index (χ4n) is 3.01. The molecular formula is C20H26N6O2. The van der Waals surface area contributed by atoms with Crippen LogP contribution >= 0.6 is 0 Å². The third kappa shape index (κ3) is 5.35. The summed E-state index contributed by atoms with van der Waals surface area (Å²) in [4.78, 5) is 25.5. The summed E-state index contributed by atoms with van der Waals surface area (Å²) in [6.07, 6.45) is 1.81. The summed E-state index contributed by atoms with van der Waals surface area (Å²) in [5.74, 6) is 1.69. The third-order valence-electron chi connectivity index (χ3n) is 4.41. The molecule has 0 unspecified atom stereocenters. The number of carbonyl (C=O) groups is 1. The number of hydrogen-bond donors (Lipinski definition) is 3. The highest BCUT2D eigenvalue weighted by atomic mass is 16.3. The Morgan fingerprint density at radius 1 is 1.14 bits per heavy atom. The van der Waals surface area contributed by atoms with Crippen molar-refractivity contribution < 1.29 is 9.90 Å². The fourth-order valence-corrected chi connectivity index (χ4v) is 3.01. The van der Waals surface area contributed by atoms with Crippen molar-refractivity contribution in [3.05, 3.63) is 48.7 Å². The van der Waals surface area contributed by atoms with E-state index in [1.165, 1.54) is 12.1 Å². The van der Waals surface area contributed by atoms with Crippen LogP contribution in [0.25, 0.3) is 0 Å². The van der Waals surface area contributed by atoms with Gasteiger partial charge in [-0.15, -0.1) is 0 Å². The van der Waals surface area contributed by atoms with Crippen molar-refractivity contribution in [2.24, 2.45) is 4.99 Å². The van der Waals surface area contributed by atoms with E-state index in [-0.39, 0.29) is 18.2 Å². The summed E-state index contributed by atoms with van der Waals surface area (Å²) in [5, 5.41) is 15.3. The van der Waals surface area contributed by atoms with Crippen molar-refractivity contribution in [2.75, 3.05) is 49.5 Å². The molecule has 0 saturated carbocycles. The summed E-state index contributed by atoms with van der Waals surface area (Å²) < 4.78 is 0. The van der Waals surface area contributed by atoms with Gasteiger partial charge in [-0.25, -0.2) is 9.98 Å². The maximum Gasteiger partial charge on any atom is 0.246 e. The average Bonchev–Trinajstić information content (AvgIpc) is 2.73. The molecule has 2 aromatic rings. The van der Waals surface area contributed by atoms with Crippen LogP contribution in [-0.2, 0) is 4.79 Å². The van der Waals surface area contributed by atoms with Crippen LogP contribution < -0.4 is 15.5 Å². The van der Waals surface area contributed by atoms with E-state index in [1.54, 1.807) is 18.3 Å². The number of pyridine rings is 1. The summed E-state index contributed by atoms with van der Waals surface area (Å²) in [7, 11) is 0. The Kier molecular flexibility index (Phi) is 6.67. The molecule has 0 atom stereocenters. The van der Waals surface area contributed by atoms with Crippen molar-refractivity contribution in [1.29, 1.82) is 0 Å². The van der Waals surface area contributed by atoms with Gasteiger partial charge in [0.1, 0.15) is 18.1 Å². The van der Waals surface area contributed by atoms with Crippen molar-refractivity contribution in [2.45, 2.75) is 6.92 Å². The number of anilines is 2. The van der Waals surface area contributed by atoms with E-state index >= 15 is 0 Å². The standard InChI is InChI=1S/C20H26N6O2/c1-2-21-20(23-15-19(28)24-16-6-8-17(27)9-7-16)26-13-11-25(12-14-26)18-5-3-4-10-22-18/h3-10,27H,2,11-15H2,1H3,(H,21,23)(H,24,28). The van der Waals surface area contributed by atoms with E-state index in [2.05, 4.69) is 30.4 Å². The van der Waals surface area contributed by atoms with Crippen LogP contribution in [0.3, 0.4) is 0 Å². The molecule has 2 heterocycles. The van der Waals surface area contributed by atoms with Gasteiger partial charge in [0.05, 0.1) is 0 Å². The molecule has 0 aliphatic carbocycles. The SMILES string of the molecule is CCNC(=NCC(=O)Nc1ccc(O)cc1)N1CCN(c2ccccn2)CC1. The van der Waals surface area contributed by atoms with Crippen LogP contribution in [0.15, 0.2) is 53.7 Å². The number of carbonyl (C=O) groups excluding carboxylic acids is 1. The molecule has 1 fully saturated rings. The van der Waals surface area contributed by atoms with E-state index in [0.717, 1.165) is 44.5 Å². The first-order valence-corrected chi connectivity index (χ1v) is 9.44. The van der Waals surface area contributed by atoms with Gasteiger partial charge >= 0.3 is 0 Å². The molecule has 1 aliphatic rings. The Balaban J connectivity index is 1.55. The molecule has 8 nitrogen and oxygen atoms in total. The molecule has 1 aromatic carbocycles. The predicted molar refractivity (Wildman–Crippen MR) is 111 cm³/mol. The number of aliphatic imine (C=N–C) groups is 1. The Labute approximate surface area is 164 Å². The zero-order valence-electron chi connectivity index (χ0n) is 16.0. The number of guanidine groups is 1. The largest absolute Gasteiger partial charge is 0.508 e. The minimum absolute atomic E-state index is 0.0314. The van der Waals surface area contributed by atoms with Crippen molar-refractivity contribution in [1.82, 2.24) is 15.2 Å². The normalized spacial score (nSPS) is 14.7.